The van der Waals surface area contributed by atoms with Crippen LogP contribution in [0.25, 0.3) is 0 Å². The van der Waals surface area contributed by atoms with Gasteiger partial charge in [-0.3, -0.25) is 0 Å². The van der Waals surface area contributed by atoms with Gasteiger partial charge in [0.25, 0.3) is 0 Å². The zero-order chi connectivity index (χ0) is 12.1. The molecule has 3 heteroatoms. The number of nitrogen functional groups attached to an aromatic ring is 1. The molecule has 0 aliphatic heterocycles. The van der Waals surface area contributed by atoms with E-state index in [9.17, 15) is 0 Å². The Morgan fingerprint density at radius 3 is 2.94 bits per heavy atom. The maximum atomic E-state index is 8.74. The van der Waals surface area contributed by atoms with E-state index in [0.29, 0.717) is 11.3 Å². The second kappa shape index (κ2) is 5.40. The van der Waals surface area contributed by atoms with Gasteiger partial charge in [0.2, 0.25) is 0 Å². The Morgan fingerprint density at radius 1 is 1.41 bits per heavy atom. The zero-order valence-electron chi connectivity index (χ0n) is 9.87. The number of allylic oxidation sites excluding steroid dienone is 1. The summed E-state index contributed by atoms with van der Waals surface area (Å²) in [5, 5.41) is 12.1. The van der Waals surface area contributed by atoms with Crippen LogP contribution in [0.5, 0.6) is 0 Å². The Hall–Kier alpha value is -1.95. The van der Waals surface area contributed by atoms with E-state index in [-0.39, 0.29) is 0 Å². The van der Waals surface area contributed by atoms with Crippen molar-refractivity contribution in [2.75, 3.05) is 17.6 Å². The zero-order valence-corrected chi connectivity index (χ0v) is 9.87. The number of rotatable bonds is 4. The summed E-state index contributed by atoms with van der Waals surface area (Å²) < 4.78 is 0. The molecule has 0 unspecified atom stereocenters. The number of anilines is 2. The van der Waals surface area contributed by atoms with Crippen molar-refractivity contribution in [1.82, 2.24) is 0 Å². The molecule has 0 heterocycles. The number of nitrogens with one attached hydrogen (secondary N) is 1. The third kappa shape index (κ3) is 3.01. The molecular weight excluding hydrogens is 210 g/mol. The summed E-state index contributed by atoms with van der Waals surface area (Å²) in [6, 6.07) is 7.44. The van der Waals surface area contributed by atoms with Gasteiger partial charge in [-0.05, 0) is 43.9 Å². The molecule has 0 bridgehead atoms. The van der Waals surface area contributed by atoms with Gasteiger partial charge in [-0.1, -0.05) is 11.6 Å². The van der Waals surface area contributed by atoms with E-state index < -0.39 is 0 Å². The van der Waals surface area contributed by atoms with Crippen molar-refractivity contribution < 1.29 is 0 Å². The van der Waals surface area contributed by atoms with Crippen LogP contribution in [-0.2, 0) is 0 Å². The van der Waals surface area contributed by atoms with Gasteiger partial charge < -0.3 is 11.1 Å². The van der Waals surface area contributed by atoms with Gasteiger partial charge in [0.1, 0.15) is 0 Å². The molecule has 1 aromatic carbocycles. The Labute approximate surface area is 102 Å². The Kier molecular flexibility index (Phi) is 3.66. The summed E-state index contributed by atoms with van der Waals surface area (Å²) in [5.41, 5.74) is 9.57. The van der Waals surface area contributed by atoms with Crippen LogP contribution in [0.1, 0.15) is 31.2 Å². The van der Waals surface area contributed by atoms with Gasteiger partial charge in [0.15, 0.2) is 0 Å². The van der Waals surface area contributed by atoms with E-state index in [1.807, 2.05) is 6.07 Å². The summed E-state index contributed by atoms with van der Waals surface area (Å²) >= 11 is 0. The number of nitrogens with two attached hydrogens (primary N) is 1. The van der Waals surface area contributed by atoms with Crippen molar-refractivity contribution in [3.8, 4) is 6.07 Å². The lowest BCUT2D eigenvalue weighted by Crippen LogP contribution is -2.05. The third-order valence-electron chi connectivity index (χ3n) is 3.08. The van der Waals surface area contributed by atoms with Gasteiger partial charge in [-0.15, -0.1) is 0 Å². The molecule has 1 aliphatic rings. The van der Waals surface area contributed by atoms with E-state index in [1.54, 1.807) is 17.7 Å². The first-order chi connectivity index (χ1) is 8.29. The van der Waals surface area contributed by atoms with Crippen molar-refractivity contribution in [2.45, 2.75) is 25.7 Å². The van der Waals surface area contributed by atoms with Gasteiger partial charge in [0, 0.05) is 6.54 Å². The highest BCUT2D eigenvalue weighted by Crippen LogP contribution is 2.22. The first-order valence-corrected chi connectivity index (χ1v) is 6.01. The smallest absolute Gasteiger partial charge is 0.0992 e. The van der Waals surface area contributed by atoms with Gasteiger partial charge >= 0.3 is 0 Å². The molecule has 0 amide bonds. The van der Waals surface area contributed by atoms with E-state index in [4.69, 9.17) is 11.0 Å². The molecule has 2 rings (SSSR count). The van der Waals surface area contributed by atoms with Crippen LogP contribution in [-0.4, -0.2) is 6.54 Å². The normalized spacial score (nSPS) is 14.2. The second-order valence-corrected chi connectivity index (χ2v) is 4.35. The predicted octanol–water partition coefficient (Wildman–Crippen LogP) is 3.05. The molecule has 0 aromatic heterocycles. The predicted molar refractivity (Wildman–Crippen MR) is 70.6 cm³/mol. The Balaban J connectivity index is 1.88. The van der Waals surface area contributed by atoms with E-state index >= 15 is 0 Å². The van der Waals surface area contributed by atoms with Crippen LogP contribution in [0.4, 0.5) is 11.4 Å². The lowest BCUT2D eigenvalue weighted by molar-refractivity contribution is 0.863. The molecule has 1 aromatic rings. The van der Waals surface area contributed by atoms with Gasteiger partial charge in [-0.2, -0.15) is 5.26 Å². The molecule has 0 saturated heterocycles. The molecule has 0 radical (unpaired) electrons. The SMILES string of the molecule is N#Cc1ccc(NCCC2=CCCC2)c(N)c1. The molecule has 3 nitrogen and oxygen atoms in total. The summed E-state index contributed by atoms with van der Waals surface area (Å²) in [7, 11) is 0. The molecule has 0 fully saturated rings. The summed E-state index contributed by atoms with van der Waals surface area (Å²) in [6.45, 7) is 0.905. The van der Waals surface area contributed by atoms with Crippen molar-refractivity contribution in [2.24, 2.45) is 0 Å². The highest BCUT2D eigenvalue weighted by molar-refractivity contribution is 5.68. The molecule has 0 atom stereocenters. The van der Waals surface area contributed by atoms with Gasteiger partial charge in [-0.25, -0.2) is 0 Å². The fraction of sp³-hybridized carbons (Fsp3) is 0.357. The molecule has 17 heavy (non-hydrogen) atoms. The van der Waals surface area contributed by atoms with E-state index in [1.165, 1.54) is 19.3 Å². The molecular formula is C14H17N3. The highest BCUT2D eigenvalue weighted by atomic mass is 14.9. The fourth-order valence-corrected chi connectivity index (χ4v) is 2.12. The van der Waals surface area contributed by atoms with Crippen molar-refractivity contribution in [1.29, 1.82) is 5.26 Å². The number of benzene rings is 1. The van der Waals surface area contributed by atoms with Gasteiger partial charge in [0.05, 0.1) is 23.0 Å². The van der Waals surface area contributed by atoms with Crippen LogP contribution in [0.15, 0.2) is 29.8 Å². The lowest BCUT2D eigenvalue weighted by Gasteiger charge is -2.09. The number of hydrogen-bond acceptors (Lipinski definition) is 3. The number of nitriles is 1. The maximum absolute atomic E-state index is 8.74. The average Bonchev–Trinajstić information content (AvgIpc) is 2.84. The van der Waals surface area contributed by atoms with Crippen molar-refractivity contribution in [3.05, 3.63) is 35.4 Å². The minimum Gasteiger partial charge on any atom is -0.397 e. The number of hydrogen-bond donors (Lipinski definition) is 2. The van der Waals surface area contributed by atoms with Crippen LogP contribution < -0.4 is 11.1 Å². The first-order valence-electron chi connectivity index (χ1n) is 6.01. The van der Waals surface area contributed by atoms with Crippen LogP contribution in [0, 0.1) is 11.3 Å². The number of nitrogens with zero attached hydrogens (tertiary/aromatic N) is 1. The van der Waals surface area contributed by atoms with Crippen LogP contribution in [0.2, 0.25) is 0 Å². The Bertz CT molecular complexity index is 469. The molecule has 88 valence electrons. The maximum Gasteiger partial charge on any atom is 0.0992 e. The summed E-state index contributed by atoms with van der Waals surface area (Å²) in [6.07, 6.45) is 7.19. The minimum atomic E-state index is 0.603. The van der Waals surface area contributed by atoms with Crippen LogP contribution in [0.3, 0.4) is 0 Å². The average molecular weight is 227 g/mol. The first kappa shape index (κ1) is 11.5. The van der Waals surface area contributed by atoms with E-state index in [0.717, 1.165) is 18.7 Å². The molecule has 3 N–H and O–H groups in total. The lowest BCUT2D eigenvalue weighted by atomic mass is 10.1. The Morgan fingerprint density at radius 2 is 2.29 bits per heavy atom. The minimum absolute atomic E-state index is 0.603. The molecule has 0 saturated carbocycles. The third-order valence-corrected chi connectivity index (χ3v) is 3.08. The van der Waals surface area contributed by atoms with E-state index in [2.05, 4.69) is 17.5 Å². The topological polar surface area (TPSA) is 61.8 Å². The molecule has 1 aliphatic carbocycles. The largest absolute Gasteiger partial charge is 0.397 e. The summed E-state index contributed by atoms with van der Waals surface area (Å²) in [5.74, 6) is 0. The summed E-state index contributed by atoms with van der Waals surface area (Å²) in [4.78, 5) is 0. The monoisotopic (exact) mass is 227 g/mol. The quantitative estimate of drug-likeness (QED) is 0.614. The van der Waals surface area contributed by atoms with Crippen molar-refractivity contribution in [3.63, 3.8) is 0 Å². The van der Waals surface area contributed by atoms with Crippen LogP contribution >= 0.6 is 0 Å². The fourth-order valence-electron chi connectivity index (χ4n) is 2.12. The standard InChI is InChI=1S/C14H17N3/c15-10-12-5-6-14(13(16)9-12)17-8-7-11-3-1-2-4-11/h3,5-6,9,17H,1-2,4,7-8,16H2. The molecule has 0 spiro atoms. The second-order valence-electron chi connectivity index (χ2n) is 4.35. The van der Waals surface area contributed by atoms with Crippen molar-refractivity contribution >= 4 is 11.4 Å². The highest BCUT2D eigenvalue weighted by Gasteiger charge is 2.04.